The summed E-state index contributed by atoms with van der Waals surface area (Å²) in [6.07, 6.45) is 0. The van der Waals surface area contributed by atoms with Crippen molar-refractivity contribution in [1.29, 1.82) is 0 Å². The smallest absolute Gasteiger partial charge is 0.260 e. The maximum absolute atomic E-state index is 13.1. The third-order valence-corrected chi connectivity index (χ3v) is 5.82. The molecule has 0 aliphatic rings. The van der Waals surface area contributed by atoms with Gasteiger partial charge < -0.3 is 5.73 Å². The van der Waals surface area contributed by atoms with Gasteiger partial charge in [-0.2, -0.15) is 12.6 Å². The van der Waals surface area contributed by atoms with Crippen LogP contribution in [0.1, 0.15) is 38.2 Å². The predicted molar refractivity (Wildman–Crippen MR) is 126 cm³/mol. The van der Waals surface area contributed by atoms with Crippen LogP contribution in [0.5, 0.6) is 0 Å². The molecule has 148 valence electrons. The summed E-state index contributed by atoms with van der Waals surface area (Å²) in [5.41, 5.74) is 9.88. The van der Waals surface area contributed by atoms with Crippen LogP contribution < -0.4 is 5.73 Å². The van der Waals surface area contributed by atoms with Crippen molar-refractivity contribution in [3.63, 3.8) is 0 Å². The lowest BCUT2D eigenvalue weighted by atomic mass is 9.90. The second-order valence-corrected chi connectivity index (χ2v) is 7.97. The highest BCUT2D eigenvalue weighted by Gasteiger charge is 2.28. The normalized spacial score (nSPS) is 12.8. The molecule has 2 N–H and O–H groups in total. The number of rotatable bonds is 6. The summed E-state index contributed by atoms with van der Waals surface area (Å²) >= 11 is 10.2. The van der Waals surface area contributed by atoms with Gasteiger partial charge in [0.1, 0.15) is 0 Å². The van der Waals surface area contributed by atoms with E-state index in [9.17, 15) is 4.79 Å². The molecule has 0 spiro atoms. The first-order chi connectivity index (χ1) is 14.0. The van der Waals surface area contributed by atoms with Crippen molar-refractivity contribution in [1.82, 2.24) is 4.90 Å². The molecule has 3 aromatic carbocycles. The fourth-order valence-electron chi connectivity index (χ4n) is 3.29. The fraction of sp³-hybridized carbons (Fsp3) is 0.167. The molecule has 3 nitrogen and oxygen atoms in total. The molecule has 0 aliphatic heterocycles. The minimum Gasteiger partial charge on any atom is -0.376 e. The Kier molecular flexibility index (Phi) is 7.07. The lowest BCUT2D eigenvalue weighted by Gasteiger charge is -2.30. The highest BCUT2D eigenvalue weighted by molar-refractivity contribution is 7.80. The van der Waals surface area contributed by atoms with Gasteiger partial charge in [0.15, 0.2) is 5.11 Å². The molecule has 29 heavy (non-hydrogen) atoms. The average Bonchev–Trinajstić information content (AvgIpc) is 2.75. The van der Waals surface area contributed by atoms with Crippen molar-refractivity contribution in [3.8, 4) is 0 Å². The molecule has 3 aromatic rings. The van der Waals surface area contributed by atoms with Gasteiger partial charge >= 0.3 is 0 Å². The Morgan fingerprint density at radius 1 is 0.931 bits per heavy atom. The summed E-state index contributed by atoms with van der Waals surface area (Å²) in [7, 11) is 0. The maximum atomic E-state index is 13.1. The number of hydrogen-bond acceptors (Lipinski definition) is 3. The van der Waals surface area contributed by atoms with Crippen LogP contribution >= 0.6 is 24.8 Å². The number of benzene rings is 3. The Balaban J connectivity index is 1.95. The minimum atomic E-state index is -0.205. The van der Waals surface area contributed by atoms with Gasteiger partial charge in [-0.15, -0.1) is 0 Å². The third-order valence-electron chi connectivity index (χ3n) is 4.94. The summed E-state index contributed by atoms with van der Waals surface area (Å²) in [6.45, 7) is 2.40. The van der Waals surface area contributed by atoms with Gasteiger partial charge in [0.05, 0.1) is 0 Å². The number of carbonyl (C=O) groups is 1. The summed E-state index contributed by atoms with van der Waals surface area (Å²) in [6, 6.07) is 27.4. The summed E-state index contributed by atoms with van der Waals surface area (Å²) in [4.78, 5) is 14.6. The van der Waals surface area contributed by atoms with Crippen LogP contribution in [0.4, 0.5) is 0 Å². The Morgan fingerprint density at radius 2 is 1.48 bits per heavy atom. The molecule has 2 atom stereocenters. The van der Waals surface area contributed by atoms with Gasteiger partial charge in [0.25, 0.3) is 5.91 Å². The van der Waals surface area contributed by atoms with Crippen LogP contribution in [0.3, 0.4) is 0 Å². The number of thiol groups is 1. The van der Waals surface area contributed by atoms with E-state index in [0.29, 0.717) is 12.1 Å². The first-order valence-corrected chi connectivity index (χ1v) is 10.4. The van der Waals surface area contributed by atoms with Crippen molar-refractivity contribution < 1.29 is 4.79 Å². The van der Waals surface area contributed by atoms with Crippen molar-refractivity contribution >= 4 is 35.9 Å². The van der Waals surface area contributed by atoms with Crippen LogP contribution in [0, 0.1) is 6.92 Å². The topological polar surface area (TPSA) is 46.3 Å². The van der Waals surface area contributed by atoms with E-state index in [1.54, 1.807) is 12.1 Å². The Labute approximate surface area is 183 Å². The number of amides is 1. The molecular weight excluding hydrogens is 396 g/mol. The van der Waals surface area contributed by atoms with E-state index in [1.165, 1.54) is 10.5 Å². The summed E-state index contributed by atoms with van der Waals surface area (Å²) in [5.74, 6) is -0.292. The first-order valence-electron chi connectivity index (χ1n) is 9.43. The second kappa shape index (κ2) is 9.72. The van der Waals surface area contributed by atoms with E-state index in [4.69, 9.17) is 30.6 Å². The van der Waals surface area contributed by atoms with E-state index in [0.717, 1.165) is 11.1 Å². The third kappa shape index (κ3) is 5.25. The lowest BCUT2D eigenvalue weighted by molar-refractivity contribution is 0.0841. The molecule has 0 saturated carbocycles. The van der Waals surface area contributed by atoms with Gasteiger partial charge in [-0.25, -0.2) is 0 Å². The molecule has 0 aliphatic carbocycles. The van der Waals surface area contributed by atoms with Crippen molar-refractivity contribution in [2.75, 3.05) is 6.54 Å². The van der Waals surface area contributed by atoms with Crippen LogP contribution in [0.2, 0.25) is 0 Å². The van der Waals surface area contributed by atoms with Crippen LogP contribution in [0.25, 0.3) is 0 Å². The van der Waals surface area contributed by atoms with Crippen molar-refractivity contribution in [3.05, 3.63) is 107 Å². The van der Waals surface area contributed by atoms with E-state index in [-0.39, 0.29) is 22.2 Å². The highest BCUT2D eigenvalue weighted by atomic mass is 32.1. The Morgan fingerprint density at radius 3 is 2.03 bits per heavy atom. The zero-order valence-corrected chi connectivity index (χ0v) is 17.9. The quantitative estimate of drug-likeness (QED) is 0.429. The van der Waals surface area contributed by atoms with E-state index in [1.807, 2.05) is 48.5 Å². The SMILES string of the molecule is Cc1ccc(C(S)C(CN(C(=O)c2ccccc2)C(N)=S)c2ccccc2)cc1. The first kappa shape index (κ1) is 21.1. The fourth-order valence-corrected chi connectivity index (χ4v) is 3.89. The molecule has 0 radical (unpaired) electrons. The van der Waals surface area contributed by atoms with E-state index < -0.39 is 0 Å². The number of hydrogen-bond donors (Lipinski definition) is 2. The second-order valence-electron chi connectivity index (χ2n) is 6.99. The molecule has 2 unspecified atom stereocenters. The highest BCUT2D eigenvalue weighted by Crippen LogP contribution is 2.37. The largest absolute Gasteiger partial charge is 0.376 e. The maximum Gasteiger partial charge on any atom is 0.260 e. The zero-order valence-electron chi connectivity index (χ0n) is 16.2. The summed E-state index contributed by atoms with van der Waals surface area (Å²) < 4.78 is 0. The monoisotopic (exact) mass is 420 g/mol. The number of nitrogens with zero attached hydrogens (tertiary/aromatic N) is 1. The molecule has 1 amide bonds. The number of aryl methyl sites for hydroxylation is 1. The van der Waals surface area contributed by atoms with Crippen molar-refractivity contribution in [2.45, 2.75) is 18.1 Å². The Bertz CT molecular complexity index is 959. The van der Waals surface area contributed by atoms with Crippen LogP contribution in [0.15, 0.2) is 84.9 Å². The Hall–Kier alpha value is -2.63. The van der Waals surface area contributed by atoms with Gasteiger partial charge in [0.2, 0.25) is 0 Å². The molecule has 3 rings (SSSR count). The number of carbonyl (C=O) groups excluding carboxylic acids is 1. The number of nitrogens with two attached hydrogens (primary N) is 1. The van der Waals surface area contributed by atoms with Gasteiger partial charge in [-0.1, -0.05) is 78.4 Å². The van der Waals surface area contributed by atoms with E-state index >= 15 is 0 Å². The van der Waals surface area contributed by atoms with E-state index in [2.05, 4.69) is 31.2 Å². The van der Waals surface area contributed by atoms with Gasteiger partial charge in [-0.3, -0.25) is 9.69 Å². The molecule has 0 aromatic heterocycles. The predicted octanol–water partition coefficient (Wildman–Crippen LogP) is 5.14. The molecule has 0 heterocycles. The van der Waals surface area contributed by atoms with Gasteiger partial charge in [-0.05, 0) is 42.4 Å². The average molecular weight is 421 g/mol. The zero-order chi connectivity index (χ0) is 20.8. The number of thiocarbonyl (C=S) groups is 1. The molecule has 0 saturated heterocycles. The molecule has 0 bridgehead atoms. The lowest BCUT2D eigenvalue weighted by Crippen LogP contribution is -2.43. The molecule has 0 fully saturated rings. The standard InChI is InChI=1S/C24H24N2OS2/c1-17-12-14-19(15-13-17)22(28)21(18-8-4-2-5-9-18)16-26(24(25)29)23(27)20-10-6-3-7-11-20/h2-15,21-22,28H,16H2,1H3,(H2,25,29). The minimum absolute atomic E-state index is 0.0595. The van der Waals surface area contributed by atoms with Gasteiger partial charge in [0, 0.05) is 23.3 Å². The van der Waals surface area contributed by atoms with Crippen LogP contribution in [-0.2, 0) is 0 Å². The molecular formula is C24H24N2OS2. The molecule has 5 heteroatoms. The van der Waals surface area contributed by atoms with Crippen LogP contribution in [-0.4, -0.2) is 22.5 Å². The van der Waals surface area contributed by atoms with Crippen molar-refractivity contribution in [2.24, 2.45) is 5.73 Å². The summed E-state index contributed by atoms with van der Waals surface area (Å²) in [5, 5.41) is -0.0670.